The Bertz CT molecular complexity index is 608. The predicted octanol–water partition coefficient (Wildman–Crippen LogP) is 1.66. The highest BCUT2D eigenvalue weighted by Gasteiger charge is 2.11. The van der Waals surface area contributed by atoms with Crippen LogP contribution in [0.25, 0.3) is 0 Å². The van der Waals surface area contributed by atoms with Gasteiger partial charge in [-0.25, -0.2) is 24.6 Å². The molecule has 0 aromatic carbocycles. The second kappa shape index (κ2) is 6.11. The number of anilines is 2. The highest BCUT2D eigenvalue weighted by Crippen LogP contribution is 2.19. The lowest BCUT2D eigenvalue weighted by Gasteiger charge is -2.09. The van der Waals surface area contributed by atoms with Gasteiger partial charge in [0.2, 0.25) is 5.88 Å². The van der Waals surface area contributed by atoms with Gasteiger partial charge in [-0.05, 0) is 11.6 Å². The Morgan fingerprint density at radius 1 is 1.25 bits per heavy atom. The van der Waals surface area contributed by atoms with Crippen LogP contribution >= 0.6 is 0 Å². The Hall–Kier alpha value is -2.48. The molecule has 0 spiro atoms. The first kappa shape index (κ1) is 13.9. The van der Waals surface area contributed by atoms with Gasteiger partial charge in [-0.2, -0.15) is 0 Å². The first-order valence-electron chi connectivity index (χ1n) is 5.69. The molecule has 6 nitrogen and oxygen atoms in total. The molecule has 0 radical (unpaired) electrons. The molecular formula is C12H13F2N5O. The van der Waals surface area contributed by atoms with E-state index >= 15 is 0 Å². The monoisotopic (exact) mass is 281 g/mol. The van der Waals surface area contributed by atoms with Gasteiger partial charge in [-0.3, -0.25) is 0 Å². The van der Waals surface area contributed by atoms with Gasteiger partial charge in [0.1, 0.15) is 0 Å². The molecule has 0 aliphatic rings. The summed E-state index contributed by atoms with van der Waals surface area (Å²) in [5.41, 5.74) is 2.87. The third-order valence-corrected chi connectivity index (χ3v) is 2.53. The van der Waals surface area contributed by atoms with Gasteiger partial charge in [0.25, 0.3) is 0 Å². The number of methoxy groups -OCH3 is 1. The van der Waals surface area contributed by atoms with Gasteiger partial charge in [0.15, 0.2) is 23.3 Å². The van der Waals surface area contributed by atoms with Crippen molar-refractivity contribution in [2.75, 3.05) is 17.9 Å². The maximum absolute atomic E-state index is 13.5. The topological polar surface area (TPSA) is 85.1 Å². The minimum atomic E-state index is -0.860. The summed E-state index contributed by atoms with van der Waals surface area (Å²) >= 11 is 0. The Morgan fingerprint density at radius 2 is 2.00 bits per heavy atom. The highest BCUT2D eigenvalue weighted by atomic mass is 19.1. The standard InChI is InChI=1S/C12H13F2N5O/c1-20-10-4-7(2-3-16-10)6-17-11-8(13)5-9(14)12(18-11)19-15/h2-5H,6,15H2,1H3,(H2,17,18,19). The molecule has 0 aliphatic heterocycles. The van der Waals surface area contributed by atoms with Gasteiger partial charge in [-0.1, -0.05) is 0 Å². The molecule has 2 aromatic rings. The first-order chi connectivity index (χ1) is 9.63. The van der Waals surface area contributed by atoms with Gasteiger partial charge < -0.3 is 15.5 Å². The first-order valence-corrected chi connectivity index (χ1v) is 5.69. The van der Waals surface area contributed by atoms with E-state index in [0.29, 0.717) is 11.9 Å². The number of ether oxygens (including phenoxy) is 1. The molecule has 2 rings (SSSR count). The summed E-state index contributed by atoms with van der Waals surface area (Å²) in [6.07, 6.45) is 1.57. The summed E-state index contributed by atoms with van der Waals surface area (Å²) in [4.78, 5) is 7.66. The zero-order valence-corrected chi connectivity index (χ0v) is 10.7. The molecule has 8 heteroatoms. The predicted molar refractivity (Wildman–Crippen MR) is 70.1 cm³/mol. The molecule has 106 valence electrons. The van der Waals surface area contributed by atoms with Crippen LogP contribution in [0.15, 0.2) is 24.4 Å². The second-order valence-electron chi connectivity index (χ2n) is 3.85. The summed E-state index contributed by atoms with van der Waals surface area (Å²) in [5.74, 6) is 3.53. The summed E-state index contributed by atoms with van der Waals surface area (Å²) in [7, 11) is 1.50. The Labute approximate surface area is 114 Å². The largest absolute Gasteiger partial charge is 0.481 e. The van der Waals surface area contributed by atoms with Crippen LogP contribution in [0.2, 0.25) is 0 Å². The van der Waals surface area contributed by atoms with Crippen molar-refractivity contribution in [1.29, 1.82) is 0 Å². The second-order valence-corrected chi connectivity index (χ2v) is 3.85. The number of pyridine rings is 2. The number of nitrogens with one attached hydrogen (secondary N) is 2. The van der Waals surface area contributed by atoms with Crippen LogP contribution in [0.4, 0.5) is 20.4 Å². The van der Waals surface area contributed by atoms with E-state index in [0.717, 1.165) is 5.56 Å². The average Bonchev–Trinajstić information content (AvgIpc) is 2.46. The molecule has 2 heterocycles. The molecular weight excluding hydrogens is 268 g/mol. The lowest BCUT2D eigenvalue weighted by atomic mass is 10.2. The van der Waals surface area contributed by atoms with Gasteiger partial charge in [0.05, 0.1) is 7.11 Å². The van der Waals surface area contributed by atoms with Crippen molar-refractivity contribution in [1.82, 2.24) is 9.97 Å². The van der Waals surface area contributed by atoms with Crippen molar-refractivity contribution < 1.29 is 13.5 Å². The van der Waals surface area contributed by atoms with E-state index in [2.05, 4.69) is 20.7 Å². The number of hydrogen-bond donors (Lipinski definition) is 3. The number of nitrogens with two attached hydrogens (primary N) is 1. The number of nitrogens with zero attached hydrogens (tertiary/aromatic N) is 2. The molecule has 2 aromatic heterocycles. The van der Waals surface area contributed by atoms with Crippen LogP contribution in [0, 0.1) is 11.6 Å². The van der Waals surface area contributed by atoms with Gasteiger partial charge in [0, 0.05) is 24.9 Å². The molecule has 0 amide bonds. The normalized spacial score (nSPS) is 10.2. The number of halogens is 2. The highest BCUT2D eigenvalue weighted by molar-refractivity contribution is 5.47. The van der Waals surface area contributed by atoms with Crippen molar-refractivity contribution in [3.05, 3.63) is 41.6 Å². The van der Waals surface area contributed by atoms with Gasteiger partial charge in [-0.15, -0.1) is 0 Å². The van der Waals surface area contributed by atoms with Crippen LogP contribution in [0.3, 0.4) is 0 Å². The summed E-state index contributed by atoms with van der Waals surface area (Å²) in [5, 5.41) is 2.75. The van der Waals surface area contributed by atoms with Crippen molar-refractivity contribution in [2.45, 2.75) is 6.54 Å². The minimum absolute atomic E-state index is 0.102. The molecule has 0 atom stereocenters. The van der Waals surface area contributed by atoms with Crippen LogP contribution in [0.1, 0.15) is 5.56 Å². The Kier molecular flexibility index (Phi) is 4.26. The smallest absolute Gasteiger partial charge is 0.213 e. The summed E-state index contributed by atoms with van der Waals surface area (Å²) < 4.78 is 31.7. The molecule has 0 fully saturated rings. The van der Waals surface area contributed by atoms with Crippen LogP contribution in [-0.2, 0) is 6.54 Å². The lowest BCUT2D eigenvalue weighted by molar-refractivity contribution is 0.397. The fourth-order valence-corrected chi connectivity index (χ4v) is 1.55. The van der Waals surface area contributed by atoms with Crippen molar-refractivity contribution >= 4 is 11.6 Å². The van der Waals surface area contributed by atoms with E-state index in [9.17, 15) is 8.78 Å². The fourth-order valence-electron chi connectivity index (χ4n) is 1.55. The van der Waals surface area contributed by atoms with Crippen LogP contribution < -0.4 is 21.3 Å². The summed E-state index contributed by atoms with van der Waals surface area (Å²) in [6, 6.07) is 4.13. The Morgan fingerprint density at radius 3 is 2.70 bits per heavy atom. The van der Waals surface area contributed by atoms with Crippen molar-refractivity contribution in [3.63, 3.8) is 0 Å². The SMILES string of the molecule is COc1cc(CNc2nc(NN)c(F)cc2F)ccn1. The third-order valence-electron chi connectivity index (χ3n) is 2.53. The molecule has 0 unspecified atom stereocenters. The molecule has 0 bridgehead atoms. The molecule has 4 N–H and O–H groups in total. The molecule has 20 heavy (non-hydrogen) atoms. The Balaban J connectivity index is 2.14. The number of hydrazine groups is 1. The van der Waals surface area contributed by atoms with E-state index in [1.54, 1.807) is 18.3 Å². The quantitative estimate of drug-likeness (QED) is 0.571. The van der Waals surface area contributed by atoms with Gasteiger partial charge >= 0.3 is 0 Å². The van der Waals surface area contributed by atoms with E-state index in [-0.39, 0.29) is 18.2 Å². The lowest BCUT2D eigenvalue weighted by Crippen LogP contribution is -2.13. The maximum atomic E-state index is 13.5. The molecule has 0 saturated heterocycles. The van der Waals surface area contributed by atoms with Crippen molar-refractivity contribution in [2.24, 2.45) is 5.84 Å². The van der Waals surface area contributed by atoms with Crippen molar-refractivity contribution in [3.8, 4) is 5.88 Å². The number of rotatable bonds is 5. The van der Waals surface area contributed by atoms with Crippen LogP contribution in [-0.4, -0.2) is 17.1 Å². The number of nitrogen functional groups attached to an aromatic ring is 1. The maximum Gasteiger partial charge on any atom is 0.213 e. The minimum Gasteiger partial charge on any atom is -0.481 e. The van der Waals surface area contributed by atoms with E-state index in [4.69, 9.17) is 10.6 Å². The average molecular weight is 281 g/mol. The third kappa shape index (κ3) is 3.09. The van der Waals surface area contributed by atoms with E-state index in [1.165, 1.54) is 7.11 Å². The zero-order chi connectivity index (χ0) is 14.5. The van der Waals surface area contributed by atoms with E-state index in [1.807, 2.05) is 0 Å². The fraction of sp³-hybridized carbons (Fsp3) is 0.167. The van der Waals surface area contributed by atoms with Crippen LogP contribution in [0.5, 0.6) is 5.88 Å². The van der Waals surface area contributed by atoms with E-state index < -0.39 is 11.6 Å². The number of aromatic nitrogens is 2. The number of hydrogen-bond acceptors (Lipinski definition) is 6. The summed E-state index contributed by atoms with van der Waals surface area (Å²) in [6.45, 7) is 0.276. The molecule has 0 aliphatic carbocycles. The molecule has 0 saturated carbocycles. The zero-order valence-electron chi connectivity index (χ0n) is 10.7.